The first-order valence-electron chi connectivity index (χ1n) is 5.51. The summed E-state index contributed by atoms with van der Waals surface area (Å²) in [6, 6.07) is 8.30. The predicted molar refractivity (Wildman–Crippen MR) is 76.0 cm³/mol. The molecular formula is C13H7BrF2N2O2S. The van der Waals surface area contributed by atoms with Crippen LogP contribution in [0.5, 0.6) is 0 Å². The van der Waals surface area contributed by atoms with Gasteiger partial charge in [0.25, 0.3) is 10.0 Å². The molecule has 0 spiro atoms. The van der Waals surface area contributed by atoms with E-state index in [4.69, 9.17) is 5.26 Å². The van der Waals surface area contributed by atoms with E-state index < -0.39 is 32.1 Å². The molecule has 0 bridgehead atoms. The average molecular weight is 373 g/mol. The number of anilines is 1. The summed E-state index contributed by atoms with van der Waals surface area (Å²) in [5.74, 6) is -1.48. The standard InChI is InChI=1S/C13H7BrF2N2O2S/c14-10-6-8(4-5-12(10)16)18-21(19,20)13-3-1-2-11(15)9(13)7-17/h1-6,18H. The van der Waals surface area contributed by atoms with Gasteiger partial charge in [-0.15, -0.1) is 0 Å². The number of halogens is 3. The molecule has 0 saturated carbocycles. The van der Waals surface area contributed by atoms with Crippen LogP contribution in [-0.2, 0) is 10.0 Å². The van der Waals surface area contributed by atoms with Crippen LogP contribution in [0.1, 0.15) is 5.56 Å². The van der Waals surface area contributed by atoms with Gasteiger partial charge in [0.1, 0.15) is 28.2 Å². The number of nitrogens with one attached hydrogen (secondary N) is 1. The SMILES string of the molecule is N#Cc1c(F)cccc1S(=O)(=O)Nc1ccc(F)c(Br)c1. The Bertz CT molecular complexity index is 848. The zero-order valence-corrected chi connectivity index (χ0v) is 12.7. The van der Waals surface area contributed by atoms with Crippen molar-refractivity contribution in [2.75, 3.05) is 4.72 Å². The molecule has 0 radical (unpaired) electrons. The van der Waals surface area contributed by atoms with Gasteiger partial charge in [0, 0.05) is 0 Å². The molecule has 21 heavy (non-hydrogen) atoms. The monoisotopic (exact) mass is 372 g/mol. The van der Waals surface area contributed by atoms with E-state index in [-0.39, 0.29) is 10.2 Å². The number of hydrogen-bond donors (Lipinski definition) is 1. The van der Waals surface area contributed by atoms with E-state index in [0.29, 0.717) is 0 Å². The molecule has 0 aliphatic rings. The van der Waals surface area contributed by atoms with Crippen LogP contribution in [0.3, 0.4) is 0 Å². The van der Waals surface area contributed by atoms with Gasteiger partial charge in [-0.3, -0.25) is 4.72 Å². The summed E-state index contributed by atoms with van der Waals surface area (Å²) in [6.45, 7) is 0. The Kier molecular flexibility index (Phi) is 4.25. The second kappa shape index (κ2) is 5.79. The molecule has 0 aliphatic heterocycles. The van der Waals surface area contributed by atoms with Crippen molar-refractivity contribution in [3.05, 3.63) is 58.1 Å². The van der Waals surface area contributed by atoms with Crippen molar-refractivity contribution in [1.82, 2.24) is 0 Å². The molecule has 1 N–H and O–H groups in total. The molecule has 0 fully saturated rings. The minimum Gasteiger partial charge on any atom is -0.280 e. The summed E-state index contributed by atoms with van der Waals surface area (Å²) in [6.07, 6.45) is 0. The average Bonchev–Trinajstić information content (AvgIpc) is 2.42. The second-order valence-corrected chi connectivity index (χ2v) is 6.46. The van der Waals surface area contributed by atoms with Crippen LogP contribution in [0.4, 0.5) is 14.5 Å². The largest absolute Gasteiger partial charge is 0.280 e. The summed E-state index contributed by atoms with van der Waals surface area (Å²) in [5, 5.41) is 8.87. The van der Waals surface area contributed by atoms with Crippen molar-refractivity contribution < 1.29 is 17.2 Å². The van der Waals surface area contributed by atoms with Gasteiger partial charge in [0.05, 0.1) is 10.2 Å². The lowest BCUT2D eigenvalue weighted by Gasteiger charge is -2.10. The molecule has 0 atom stereocenters. The highest BCUT2D eigenvalue weighted by molar-refractivity contribution is 9.10. The predicted octanol–water partition coefficient (Wildman–Crippen LogP) is 3.40. The molecule has 8 heteroatoms. The van der Waals surface area contributed by atoms with Crippen LogP contribution in [0.15, 0.2) is 45.8 Å². The van der Waals surface area contributed by atoms with Gasteiger partial charge < -0.3 is 0 Å². The molecule has 0 saturated heterocycles. The van der Waals surface area contributed by atoms with E-state index in [1.807, 2.05) is 0 Å². The van der Waals surface area contributed by atoms with Crippen molar-refractivity contribution in [3.63, 3.8) is 0 Å². The normalized spacial score (nSPS) is 11.0. The number of nitrogens with zero attached hydrogens (tertiary/aromatic N) is 1. The van der Waals surface area contributed by atoms with E-state index in [0.717, 1.165) is 18.2 Å². The lowest BCUT2D eigenvalue weighted by atomic mass is 10.2. The van der Waals surface area contributed by atoms with Crippen LogP contribution in [-0.4, -0.2) is 8.42 Å². The number of hydrogen-bond acceptors (Lipinski definition) is 3. The number of sulfonamides is 1. The quantitative estimate of drug-likeness (QED) is 0.897. The Morgan fingerprint density at radius 2 is 1.86 bits per heavy atom. The van der Waals surface area contributed by atoms with E-state index >= 15 is 0 Å². The number of rotatable bonds is 3. The molecule has 2 rings (SSSR count). The maximum Gasteiger partial charge on any atom is 0.263 e. The summed E-state index contributed by atoms with van der Waals surface area (Å²) in [4.78, 5) is -0.481. The highest BCUT2D eigenvalue weighted by atomic mass is 79.9. The van der Waals surface area contributed by atoms with Crippen molar-refractivity contribution in [1.29, 1.82) is 5.26 Å². The maximum absolute atomic E-state index is 13.5. The van der Waals surface area contributed by atoms with Gasteiger partial charge in [-0.25, -0.2) is 17.2 Å². The lowest BCUT2D eigenvalue weighted by Crippen LogP contribution is -2.15. The maximum atomic E-state index is 13.5. The van der Waals surface area contributed by atoms with E-state index in [1.54, 1.807) is 0 Å². The first kappa shape index (κ1) is 15.4. The van der Waals surface area contributed by atoms with Crippen LogP contribution in [0.2, 0.25) is 0 Å². The van der Waals surface area contributed by atoms with Crippen molar-refractivity contribution in [3.8, 4) is 6.07 Å². The molecule has 4 nitrogen and oxygen atoms in total. The smallest absolute Gasteiger partial charge is 0.263 e. The molecule has 0 unspecified atom stereocenters. The highest BCUT2D eigenvalue weighted by Crippen LogP contribution is 2.24. The number of benzene rings is 2. The Balaban J connectivity index is 2.46. The molecule has 2 aromatic rings. The fraction of sp³-hybridized carbons (Fsp3) is 0. The summed E-state index contributed by atoms with van der Waals surface area (Å²) in [7, 11) is -4.16. The van der Waals surface area contributed by atoms with Crippen molar-refractivity contribution in [2.45, 2.75) is 4.90 Å². The minimum absolute atomic E-state index is 0.0717. The molecule has 0 heterocycles. The third-order valence-corrected chi connectivity index (χ3v) is 4.58. The zero-order valence-electron chi connectivity index (χ0n) is 10.3. The van der Waals surface area contributed by atoms with Crippen molar-refractivity contribution >= 4 is 31.6 Å². The minimum atomic E-state index is -4.16. The Morgan fingerprint density at radius 1 is 1.14 bits per heavy atom. The highest BCUT2D eigenvalue weighted by Gasteiger charge is 2.21. The van der Waals surface area contributed by atoms with Gasteiger partial charge >= 0.3 is 0 Å². The van der Waals surface area contributed by atoms with Crippen LogP contribution in [0, 0.1) is 23.0 Å². The fourth-order valence-electron chi connectivity index (χ4n) is 1.61. The lowest BCUT2D eigenvalue weighted by molar-refractivity contribution is 0.593. The first-order chi connectivity index (χ1) is 9.85. The molecule has 0 aromatic heterocycles. The Morgan fingerprint density at radius 3 is 2.48 bits per heavy atom. The van der Waals surface area contributed by atoms with Gasteiger partial charge in [-0.2, -0.15) is 5.26 Å². The molecule has 0 aliphatic carbocycles. The van der Waals surface area contributed by atoms with E-state index in [1.165, 1.54) is 24.3 Å². The van der Waals surface area contributed by atoms with Gasteiger partial charge in [-0.05, 0) is 46.3 Å². The molecular weight excluding hydrogens is 366 g/mol. The summed E-state index contributed by atoms with van der Waals surface area (Å²) < 4.78 is 53.2. The fourth-order valence-corrected chi connectivity index (χ4v) is 3.20. The topological polar surface area (TPSA) is 70.0 Å². The van der Waals surface area contributed by atoms with E-state index in [2.05, 4.69) is 20.7 Å². The molecule has 0 amide bonds. The second-order valence-electron chi connectivity index (χ2n) is 3.96. The van der Waals surface area contributed by atoms with Crippen molar-refractivity contribution in [2.24, 2.45) is 0 Å². The van der Waals surface area contributed by atoms with Gasteiger partial charge in [0.2, 0.25) is 0 Å². The van der Waals surface area contributed by atoms with Gasteiger partial charge in [0.15, 0.2) is 0 Å². The van der Waals surface area contributed by atoms with E-state index in [9.17, 15) is 17.2 Å². The van der Waals surface area contributed by atoms with Crippen LogP contribution in [0.25, 0.3) is 0 Å². The van der Waals surface area contributed by atoms with Gasteiger partial charge in [-0.1, -0.05) is 6.07 Å². The van der Waals surface area contributed by atoms with Crippen LogP contribution < -0.4 is 4.72 Å². The first-order valence-corrected chi connectivity index (χ1v) is 7.79. The Hall–Kier alpha value is -1.98. The summed E-state index contributed by atoms with van der Waals surface area (Å²) >= 11 is 2.93. The zero-order chi connectivity index (χ0) is 15.6. The van der Waals surface area contributed by atoms with Crippen LogP contribution >= 0.6 is 15.9 Å². The number of nitriles is 1. The summed E-state index contributed by atoms with van der Waals surface area (Å²) in [5.41, 5.74) is -0.498. The third kappa shape index (κ3) is 3.20. The molecule has 108 valence electrons. The Labute approximate surface area is 128 Å². The third-order valence-electron chi connectivity index (χ3n) is 2.55. The molecule has 2 aromatic carbocycles.